The quantitative estimate of drug-likeness (QED) is 0.366. The standard InChI is InChI=1S/C9H9ClF3N.C6H6ClNOS.C3H8.C2H6/c1-14-8(9(11,12)13)6-2-4-7(10)5-3-6;1-8-5(7)2-4(10)3-6(8)9;1-3-2;1-2/h2-5,8,14H,1H3;2-3,10H,1H3;3H2,1-2H3;1-2H3. The van der Waals surface area contributed by atoms with Crippen LogP contribution in [0.2, 0.25) is 10.2 Å². The summed E-state index contributed by atoms with van der Waals surface area (Å²) in [5.41, 5.74) is 0.0156. The van der Waals surface area contributed by atoms with E-state index >= 15 is 0 Å². The van der Waals surface area contributed by atoms with E-state index in [1.165, 1.54) is 48.4 Å². The van der Waals surface area contributed by atoms with Gasteiger partial charge in [-0.2, -0.15) is 13.2 Å². The molecule has 0 aliphatic carbocycles. The van der Waals surface area contributed by atoms with Gasteiger partial charge in [0, 0.05) is 23.0 Å². The smallest absolute Gasteiger partial charge is 0.306 e. The van der Waals surface area contributed by atoms with Gasteiger partial charge in [-0.25, -0.2) is 0 Å². The molecule has 3 nitrogen and oxygen atoms in total. The molecule has 1 N–H and O–H groups in total. The Morgan fingerprint density at radius 2 is 1.55 bits per heavy atom. The van der Waals surface area contributed by atoms with Crippen LogP contribution in [-0.4, -0.2) is 17.8 Å². The largest absolute Gasteiger partial charge is 0.407 e. The van der Waals surface area contributed by atoms with Crippen LogP contribution in [0.5, 0.6) is 0 Å². The highest BCUT2D eigenvalue weighted by Gasteiger charge is 2.39. The van der Waals surface area contributed by atoms with Gasteiger partial charge in [0.05, 0.1) is 0 Å². The first-order valence-electron chi connectivity index (χ1n) is 9.02. The Labute approximate surface area is 186 Å². The topological polar surface area (TPSA) is 34.0 Å². The highest BCUT2D eigenvalue weighted by atomic mass is 35.5. The van der Waals surface area contributed by atoms with Crippen LogP contribution in [0.3, 0.4) is 0 Å². The number of aromatic nitrogens is 1. The molecule has 1 aromatic heterocycles. The lowest BCUT2D eigenvalue weighted by molar-refractivity contribution is -0.156. The average Bonchev–Trinajstić information content (AvgIpc) is 2.63. The normalized spacial score (nSPS) is 11.0. The molecular formula is C20H29Cl2F3N2OS. The van der Waals surface area contributed by atoms with E-state index in [-0.39, 0.29) is 11.1 Å². The van der Waals surface area contributed by atoms with Crippen LogP contribution in [0.4, 0.5) is 13.2 Å². The van der Waals surface area contributed by atoms with Gasteiger partial charge in [-0.1, -0.05) is 69.5 Å². The number of alkyl halides is 3. The number of thiol groups is 1. The monoisotopic (exact) mass is 472 g/mol. The van der Waals surface area contributed by atoms with Crippen LogP contribution in [0.25, 0.3) is 0 Å². The number of benzene rings is 1. The average molecular weight is 473 g/mol. The minimum atomic E-state index is -4.29. The fraction of sp³-hybridized carbons (Fsp3) is 0.450. The molecular weight excluding hydrogens is 444 g/mol. The highest BCUT2D eigenvalue weighted by Crippen LogP contribution is 2.32. The Bertz CT molecular complexity index is 751. The summed E-state index contributed by atoms with van der Waals surface area (Å²) in [6.07, 6.45) is -3.04. The van der Waals surface area contributed by atoms with Crippen molar-refractivity contribution < 1.29 is 13.2 Å². The Kier molecular flexibility index (Phi) is 16.2. The third-order valence-electron chi connectivity index (χ3n) is 3.01. The first-order chi connectivity index (χ1) is 13.5. The van der Waals surface area contributed by atoms with Crippen molar-refractivity contribution in [2.24, 2.45) is 7.05 Å². The SMILES string of the molecule is CC.CCC.CNC(c1ccc(Cl)cc1)C(F)(F)F.Cn1c(Cl)cc(S)cc1=O. The van der Waals surface area contributed by atoms with Gasteiger partial charge in [0.1, 0.15) is 11.2 Å². The predicted octanol–water partition coefficient (Wildman–Crippen LogP) is 6.93. The van der Waals surface area contributed by atoms with Gasteiger partial charge < -0.3 is 9.88 Å². The van der Waals surface area contributed by atoms with Gasteiger partial charge in [-0.3, -0.25) is 4.79 Å². The number of nitrogens with zero attached hydrogens (tertiary/aromatic N) is 1. The minimum absolute atomic E-state index is 0.141. The zero-order chi connectivity index (χ0) is 23.2. The summed E-state index contributed by atoms with van der Waals surface area (Å²) >= 11 is 15.2. The van der Waals surface area contributed by atoms with Crippen LogP contribution < -0.4 is 10.9 Å². The summed E-state index contributed by atoms with van der Waals surface area (Å²) < 4.78 is 38.6. The lowest BCUT2D eigenvalue weighted by atomic mass is 10.1. The molecule has 0 saturated heterocycles. The fourth-order valence-electron chi connectivity index (χ4n) is 1.76. The second kappa shape index (κ2) is 15.7. The Morgan fingerprint density at radius 3 is 1.90 bits per heavy atom. The van der Waals surface area contributed by atoms with Crippen LogP contribution in [-0.2, 0) is 7.05 Å². The molecule has 2 rings (SSSR count). The molecule has 0 aliphatic rings. The zero-order valence-corrected chi connectivity index (χ0v) is 19.8. The second-order valence-electron chi connectivity index (χ2n) is 5.46. The van der Waals surface area contributed by atoms with E-state index in [1.54, 1.807) is 13.1 Å². The summed E-state index contributed by atoms with van der Waals surface area (Å²) in [6, 6.07) is 6.98. The molecule has 29 heavy (non-hydrogen) atoms. The summed E-state index contributed by atoms with van der Waals surface area (Å²) in [7, 11) is 2.88. The third-order valence-corrected chi connectivity index (χ3v) is 3.88. The fourth-order valence-corrected chi connectivity index (χ4v) is 2.40. The first kappa shape index (κ1) is 30.0. The lowest BCUT2D eigenvalue weighted by Gasteiger charge is -2.19. The van der Waals surface area contributed by atoms with Crippen LogP contribution >= 0.6 is 35.8 Å². The van der Waals surface area contributed by atoms with Gasteiger partial charge in [-0.05, 0) is 30.8 Å². The molecule has 0 bridgehead atoms. The van der Waals surface area contributed by atoms with E-state index in [1.807, 2.05) is 13.8 Å². The highest BCUT2D eigenvalue weighted by molar-refractivity contribution is 7.80. The van der Waals surface area contributed by atoms with Crippen molar-refractivity contribution in [1.29, 1.82) is 0 Å². The molecule has 2 aromatic rings. The lowest BCUT2D eigenvalue weighted by Crippen LogP contribution is -2.31. The third kappa shape index (κ3) is 12.2. The van der Waals surface area contributed by atoms with Crippen molar-refractivity contribution >= 4 is 35.8 Å². The number of halogens is 5. The van der Waals surface area contributed by atoms with Gasteiger partial charge in [0.15, 0.2) is 0 Å². The molecule has 1 unspecified atom stereocenters. The summed E-state index contributed by atoms with van der Waals surface area (Å²) in [5, 5.41) is 3.03. The molecule has 0 saturated carbocycles. The summed E-state index contributed by atoms with van der Waals surface area (Å²) in [4.78, 5) is 11.5. The molecule has 166 valence electrons. The van der Waals surface area contributed by atoms with E-state index in [0.29, 0.717) is 15.1 Å². The van der Waals surface area contributed by atoms with E-state index in [4.69, 9.17) is 23.2 Å². The maximum atomic E-state index is 12.4. The number of hydrogen-bond acceptors (Lipinski definition) is 3. The molecule has 0 spiro atoms. The van der Waals surface area contributed by atoms with Crippen LogP contribution in [0.15, 0.2) is 46.1 Å². The van der Waals surface area contributed by atoms with E-state index in [9.17, 15) is 18.0 Å². The first-order valence-corrected chi connectivity index (χ1v) is 10.2. The van der Waals surface area contributed by atoms with Crippen molar-refractivity contribution in [3.8, 4) is 0 Å². The molecule has 0 aliphatic heterocycles. The van der Waals surface area contributed by atoms with Gasteiger partial charge >= 0.3 is 6.18 Å². The summed E-state index contributed by atoms with van der Waals surface area (Å²) in [6.45, 7) is 8.25. The van der Waals surface area contributed by atoms with Crippen molar-refractivity contribution in [2.75, 3.05) is 7.05 Å². The van der Waals surface area contributed by atoms with Gasteiger partial charge in [0.2, 0.25) is 0 Å². The van der Waals surface area contributed by atoms with Crippen molar-refractivity contribution in [1.82, 2.24) is 9.88 Å². The van der Waals surface area contributed by atoms with Crippen molar-refractivity contribution in [3.63, 3.8) is 0 Å². The van der Waals surface area contributed by atoms with Crippen LogP contribution in [0.1, 0.15) is 45.7 Å². The Hall–Kier alpha value is -1.15. The summed E-state index contributed by atoms with van der Waals surface area (Å²) in [5.74, 6) is 0. The van der Waals surface area contributed by atoms with Crippen molar-refractivity contribution in [3.05, 3.63) is 62.5 Å². The molecule has 1 atom stereocenters. The maximum Gasteiger partial charge on any atom is 0.407 e. The molecule has 0 amide bonds. The van der Waals surface area contributed by atoms with Gasteiger partial charge in [0.25, 0.3) is 5.56 Å². The van der Waals surface area contributed by atoms with E-state index in [0.717, 1.165) is 0 Å². The molecule has 0 radical (unpaired) electrons. The number of nitrogens with one attached hydrogen (secondary N) is 1. The molecule has 1 heterocycles. The van der Waals surface area contributed by atoms with Crippen LogP contribution in [0, 0.1) is 0 Å². The Balaban J connectivity index is 0. The Morgan fingerprint density at radius 1 is 1.10 bits per heavy atom. The second-order valence-corrected chi connectivity index (χ2v) is 6.80. The van der Waals surface area contributed by atoms with Crippen molar-refractivity contribution in [2.45, 2.75) is 51.2 Å². The van der Waals surface area contributed by atoms with E-state index < -0.39 is 12.2 Å². The molecule has 1 aromatic carbocycles. The number of hydrogen-bond donors (Lipinski definition) is 2. The number of pyridine rings is 1. The predicted molar refractivity (Wildman–Crippen MR) is 121 cm³/mol. The minimum Gasteiger partial charge on any atom is -0.306 e. The maximum absolute atomic E-state index is 12.4. The molecule has 0 fully saturated rings. The van der Waals surface area contributed by atoms with E-state index in [2.05, 4.69) is 31.8 Å². The van der Waals surface area contributed by atoms with Gasteiger partial charge in [-0.15, -0.1) is 12.6 Å². The zero-order valence-electron chi connectivity index (χ0n) is 17.4. The molecule has 9 heteroatoms. The number of rotatable bonds is 2.